The van der Waals surface area contributed by atoms with Gasteiger partial charge in [0.15, 0.2) is 0 Å². The number of hydrogen-bond donors (Lipinski definition) is 1. The number of aliphatic hydroxyl groups excluding tert-OH is 1. The summed E-state index contributed by atoms with van der Waals surface area (Å²) in [6, 6.07) is 6.29. The number of rotatable bonds is 4. The van der Waals surface area contributed by atoms with E-state index in [4.69, 9.17) is 0 Å². The predicted octanol–water partition coefficient (Wildman–Crippen LogP) is 3.62. The lowest BCUT2D eigenvalue weighted by molar-refractivity contribution is 0.279. The first kappa shape index (κ1) is 12.6. The maximum atomic E-state index is 9.28. The van der Waals surface area contributed by atoms with E-state index in [1.807, 2.05) is 11.8 Å². The Morgan fingerprint density at radius 1 is 1.27 bits per heavy atom. The molecule has 1 atom stereocenters. The molecule has 0 spiro atoms. The minimum absolute atomic E-state index is 0.134. The van der Waals surface area contributed by atoms with E-state index in [1.165, 1.54) is 10.5 Å². The smallest absolute Gasteiger partial charge is 0.0692 e. The van der Waals surface area contributed by atoms with Gasteiger partial charge < -0.3 is 5.11 Å². The van der Waals surface area contributed by atoms with Gasteiger partial charge in [0.2, 0.25) is 0 Å². The molecule has 0 aliphatic carbocycles. The van der Waals surface area contributed by atoms with Crippen LogP contribution in [0.2, 0.25) is 0 Å². The van der Waals surface area contributed by atoms with Crippen LogP contribution >= 0.6 is 11.8 Å². The van der Waals surface area contributed by atoms with Gasteiger partial charge in [0.25, 0.3) is 0 Å². The summed E-state index contributed by atoms with van der Waals surface area (Å²) in [5.41, 5.74) is 2.26. The lowest BCUT2D eigenvalue weighted by Crippen LogP contribution is -2.06. The molecule has 0 saturated carbocycles. The standard InChI is InChI=1S/C13H20OS/c1-9(2)11(4)15-13-6-5-10(3)7-12(13)8-14/h5-7,9,11,14H,8H2,1-4H3. The van der Waals surface area contributed by atoms with Crippen molar-refractivity contribution in [1.29, 1.82) is 0 Å². The Hall–Kier alpha value is -0.470. The highest BCUT2D eigenvalue weighted by molar-refractivity contribution is 8.00. The molecule has 0 saturated heterocycles. The molecule has 1 N–H and O–H groups in total. The Kier molecular flexibility index (Phi) is 4.68. The van der Waals surface area contributed by atoms with Gasteiger partial charge >= 0.3 is 0 Å². The number of aliphatic hydroxyl groups is 1. The van der Waals surface area contributed by atoms with Gasteiger partial charge in [-0.05, 0) is 24.5 Å². The molecule has 15 heavy (non-hydrogen) atoms. The molecule has 0 amide bonds. The summed E-state index contributed by atoms with van der Waals surface area (Å²) < 4.78 is 0. The minimum Gasteiger partial charge on any atom is -0.392 e. The van der Waals surface area contributed by atoms with Gasteiger partial charge in [0, 0.05) is 10.1 Å². The molecule has 1 unspecified atom stereocenters. The average Bonchev–Trinajstić information content (AvgIpc) is 2.20. The van der Waals surface area contributed by atoms with E-state index in [2.05, 4.69) is 45.9 Å². The second-order valence-corrected chi connectivity index (χ2v) is 5.76. The maximum Gasteiger partial charge on any atom is 0.0692 e. The van der Waals surface area contributed by atoms with Crippen molar-refractivity contribution in [2.24, 2.45) is 5.92 Å². The second kappa shape index (κ2) is 5.57. The van der Waals surface area contributed by atoms with Crippen molar-refractivity contribution < 1.29 is 5.11 Å². The SMILES string of the molecule is Cc1ccc(SC(C)C(C)C)c(CO)c1. The highest BCUT2D eigenvalue weighted by Crippen LogP contribution is 2.30. The summed E-state index contributed by atoms with van der Waals surface area (Å²) in [4.78, 5) is 1.21. The van der Waals surface area contributed by atoms with E-state index in [0.29, 0.717) is 11.2 Å². The Labute approximate surface area is 96.9 Å². The maximum absolute atomic E-state index is 9.28. The van der Waals surface area contributed by atoms with Crippen molar-refractivity contribution >= 4 is 11.8 Å². The third kappa shape index (κ3) is 3.54. The van der Waals surface area contributed by atoms with E-state index in [1.54, 1.807) is 0 Å². The van der Waals surface area contributed by atoms with Crippen LogP contribution in [0.3, 0.4) is 0 Å². The van der Waals surface area contributed by atoms with Crippen LogP contribution < -0.4 is 0 Å². The first-order valence-corrected chi connectivity index (χ1v) is 6.29. The molecule has 1 nitrogen and oxygen atoms in total. The molecule has 0 fully saturated rings. The zero-order valence-corrected chi connectivity index (χ0v) is 10.8. The molecule has 0 radical (unpaired) electrons. The van der Waals surface area contributed by atoms with Crippen LogP contribution in [0.25, 0.3) is 0 Å². The van der Waals surface area contributed by atoms with Crippen LogP contribution in [0.5, 0.6) is 0 Å². The zero-order valence-electron chi connectivity index (χ0n) is 9.95. The van der Waals surface area contributed by atoms with Crippen LogP contribution in [0.1, 0.15) is 31.9 Å². The molecule has 1 aromatic rings. The molecule has 84 valence electrons. The van der Waals surface area contributed by atoms with Gasteiger partial charge in [-0.2, -0.15) is 0 Å². The third-order valence-electron chi connectivity index (χ3n) is 2.64. The molecule has 0 heterocycles. The zero-order chi connectivity index (χ0) is 11.4. The van der Waals surface area contributed by atoms with Gasteiger partial charge in [-0.25, -0.2) is 0 Å². The minimum atomic E-state index is 0.134. The Morgan fingerprint density at radius 2 is 1.93 bits per heavy atom. The average molecular weight is 224 g/mol. The van der Waals surface area contributed by atoms with Gasteiger partial charge in [0.05, 0.1) is 6.61 Å². The first-order chi connectivity index (χ1) is 7.04. The van der Waals surface area contributed by atoms with Gasteiger partial charge in [-0.3, -0.25) is 0 Å². The number of benzene rings is 1. The number of thioether (sulfide) groups is 1. The summed E-state index contributed by atoms with van der Waals surface area (Å²) in [6.07, 6.45) is 0. The van der Waals surface area contributed by atoms with Crippen LogP contribution in [-0.2, 0) is 6.61 Å². The van der Waals surface area contributed by atoms with Crippen molar-refractivity contribution in [3.63, 3.8) is 0 Å². The van der Waals surface area contributed by atoms with Crippen molar-refractivity contribution in [1.82, 2.24) is 0 Å². The molecule has 0 aromatic heterocycles. The van der Waals surface area contributed by atoms with Crippen LogP contribution in [-0.4, -0.2) is 10.4 Å². The summed E-state index contributed by atoms with van der Waals surface area (Å²) >= 11 is 1.85. The molecular formula is C13H20OS. The van der Waals surface area contributed by atoms with Gasteiger partial charge in [-0.15, -0.1) is 11.8 Å². The Morgan fingerprint density at radius 3 is 2.47 bits per heavy atom. The van der Waals surface area contributed by atoms with Crippen molar-refractivity contribution in [2.75, 3.05) is 0 Å². The molecule has 2 heteroatoms. The van der Waals surface area contributed by atoms with Gasteiger partial charge in [0.1, 0.15) is 0 Å². The van der Waals surface area contributed by atoms with Gasteiger partial charge in [-0.1, -0.05) is 38.5 Å². The largest absolute Gasteiger partial charge is 0.392 e. The topological polar surface area (TPSA) is 20.2 Å². The molecule has 0 bridgehead atoms. The number of aryl methyl sites for hydroxylation is 1. The Balaban J connectivity index is 2.84. The molecule has 0 aliphatic rings. The van der Waals surface area contributed by atoms with E-state index < -0.39 is 0 Å². The molecule has 1 rings (SSSR count). The fourth-order valence-corrected chi connectivity index (χ4v) is 2.38. The molecule has 0 aliphatic heterocycles. The lowest BCUT2D eigenvalue weighted by atomic mass is 10.1. The summed E-state index contributed by atoms with van der Waals surface area (Å²) in [6.45, 7) is 8.87. The quantitative estimate of drug-likeness (QED) is 0.788. The van der Waals surface area contributed by atoms with Crippen LogP contribution in [0, 0.1) is 12.8 Å². The second-order valence-electron chi connectivity index (χ2n) is 4.34. The highest BCUT2D eigenvalue weighted by atomic mass is 32.2. The van der Waals surface area contributed by atoms with E-state index in [9.17, 15) is 5.11 Å². The fraction of sp³-hybridized carbons (Fsp3) is 0.538. The first-order valence-electron chi connectivity index (χ1n) is 5.41. The lowest BCUT2D eigenvalue weighted by Gasteiger charge is -2.17. The fourth-order valence-electron chi connectivity index (χ4n) is 1.28. The molecule has 1 aromatic carbocycles. The highest BCUT2D eigenvalue weighted by Gasteiger charge is 2.11. The third-order valence-corrected chi connectivity index (χ3v) is 4.21. The van der Waals surface area contributed by atoms with Crippen molar-refractivity contribution in [2.45, 2.75) is 44.4 Å². The van der Waals surface area contributed by atoms with Crippen LogP contribution in [0.15, 0.2) is 23.1 Å². The van der Waals surface area contributed by atoms with E-state index in [0.717, 1.165) is 5.56 Å². The van der Waals surface area contributed by atoms with E-state index >= 15 is 0 Å². The molecular weight excluding hydrogens is 204 g/mol. The number of hydrogen-bond acceptors (Lipinski definition) is 2. The normalized spacial score (nSPS) is 13.2. The summed E-state index contributed by atoms with van der Waals surface area (Å²) in [7, 11) is 0. The summed E-state index contributed by atoms with van der Waals surface area (Å²) in [5.74, 6) is 0.655. The predicted molar refractivity (Wildman–Crippen MR) is 67.3 cm³/mol. The Bertz CT molecular complexity index is 320. The van der Waals surface area contributed by atoms with E-state index in [-0.39, 0.29) is 6.61 Å². The van der Waals surface area contributed by atoms with Crippen molar-refractivity contribution in [3.8, 4) is 0 Å². The monoisotopic (exact) mass is 224 g/mol. The summed E-state index contributed by atoms with van der Waals surface area (Å²) in [5, 5.41) is 9.86. The van der Waals surface area contributed by atoms with Crippen molar-refractivity contribution in [3.05, 3.63) is 29.3 Å². The van der Waals surface area contributed by atoms with Crippen LogP contribution in [0.4, 0.5) is 0 Å².